The van der Waals surface area contributed by atoms with Gasteiger partial charge in [0.2, 0.25) is 0 Å². The largest absolute Gasteiger partial charge is 0.347 e. The summed E-state index contributed by atoms with van der Waals surface area (Å²) in [5, 5.41) is 5.36. The zero-order chi connectivity index (χ0) is 15.2. The summed E-state index contributed by atoms with van der Waals surface area (Å²) < 4.78 is 0. The van der Waals surface area contributed by atoms with Crippen LogP contribution in [0.1, 0.15) is 26.4 Å². The van der Waals surface area contributed by atoms with Crippen LogP contribution in [0.2, 0.25) is 5.02 Å². The SMILES string of the molecule is Cc1ccsc1CNC(=O)c1ccc(C#CCN)c(Cl)c1. The monoisotopic (exact) mass is 318 g/mol. The Morgan fingerprint density at radius 1 is 1.43 bits per heavy atom. The van der Waals surface area contributed by atoms with E-state index in [1.54, 1.807) is 29.5 Å². The third kappa shape index (κ3) is 4.08. The molecule has 108 valence electrons. The lowest BCUT2D eigenvalue weighted by Gasteiger charge is -2.06. The van der Waals surface area contributed by atoms with Gasteiger partial charge in [0.15, 0.2) is 0 Å². The van der Waals surface area contributed by atoms with E-state index in [1.165, 1.54) is 5.56 Å². The van der Waals surface area contributed by atoms with Crippen molar-refractivity contribution >= 4 is 28.8 Å². The van der Waals surface area contributed by atoms with Crippen molar-refractivity contribution in [3.05, 3.63) is 56.2 Å². The van der Waals surface area contributed by atoms with Crippen molar-refractivity contribution in [1.29, 1.82) is 0 Å². The number of thiophene rings is 1. The highest BCUT2D eigenvalue weighted by Crippen LogP contribution is 2.18. The van der Waals surface area contributed by atoms with Crippen LogP contribution in [0, 0.1) is 18.8 Å². The molecular weight excluding hydrogens is 304 g/mol. The van der Waals surface area contributed by atoms with E-state index in [1.807, 2.05) is 18.4 Å². The van der Waals surface area contributed by atoms with Gasteiger partial charge in [-0.3, -0.25) is 4.79 Å². The van der Waals surface area contributed by atoms with Gasteiger partial charge < -0.3 is 11.1 Å². The summed E-state index contributed by atoms with van der Waals surface area (Å²) in [5.74, 6) is 5.45. The summed E-state index contributed by atoms with van der Waals surface area (Å²) in [6.45, 7) is 2.83. The minimum Gasteiger partial charge on any atom is -0.347 e. The number of nitrogens with one attached hydrogen (secondary N) is 1. The Balaban J connectivity index is 2.06. The average molecular weight is 319 g/mol. The Morgan fingerprint density at radius 3 is 2.86 bits per heavy atom. The maximum Gasteiger partial charge on any atom is 0.251 e. The second-order valence-corrected chi connectivity index (χ2v) is 5.82. The first kappa shape index (κ1) is 15.6. The van der Waals surface area contributed by atoms with Crippen LogP contribution >= 0.6 is 22.9 Å². The number of carbonyl (C=O) groups excluding carboxylic acids is 1. The molecule has 0 radical (unpaired) electrons. The van der Waals surface area contributed by atoms with Crippen LogP contribution in [0.4, 0.5) is 0 Å². The highest BCUT2D eigenvalue weighted by atomic mass is 35.5. The molecule has 0 unspecified atom stereocenters. The highest BCUT2D eigenvalue weighted by molar-refractivity contribution is 7.10. The normalized spacial score (nSPS) is 9.86. The highest BCUT2D eigenvalue weighted by Gasteiger charge is 2.09. The van der Waals surface area contributed by atoms with Crippen molar-refractivity contribution in [3.8, 4) is 11.8 Å². The molecule has 2 rings (SSSR count). The smallest absolute Gasteiger partial charge is 0.251 e. The molecule has 1 amide bonds. The van der Waals surface area contributed by atoms with Gasteiger partial charge in [0.1, 0.15) is 0 Å². The van der Waals surface area contributed by atoms with Crippen molar-refractivity contribution in [2.45, 2.75) is 13.5 Å². The number of hydrogen-bond donors (Lipinski definition) is 2. The summed E-state index contributed by atoms with van der Waals surface area (Å²) in [4.78, 5) is 13.3. The summed E-state index contributed by atoms with van der Waals surface area (Å²) in [5.41, 5.74) is 7.70. The molecule has 3 N–H and O–H groups in total. The van der Waals surface area contributed by atoms with Crippen molar-refractivity contribution in [1.82, 2.24) is 5.32 Å². The molecule has 21 heavy (non-hydrogen) atoms. The lowest BCUT2D eigenvalue weighted by molar-refractivity contribution is 0.0951. The van der Waals surface area contributed by atoms with E-state index in [-0.39, 0.29) is 12.5 Å². The van der Waals surface area contributed by atoms with Crippen molar-refractivity contribution < 1.29 is 4.79 Å². The number of halogens is 1. The molecule has 0 aliphatic heterocycles. The fourth-order valence-electron chi connectivity index (χ4n) is 1.75. The molecule has 3 nitrogen and oxygen atoms in total. The maximum atomic E-state index is 12.1. The Kier molecular flexibility index (Phi) is 5.40. The van der Waals surface area contributed by atoms with Gasteiger partial charge in [-0.2, -0.15) is 0 Å². The lowest BCUT2D eigenvalue weighted by Crippen LogP contribution is -2.22. The van der Waals surface area contributed by atoms with Crippen LogP contribution in [-0.2, 0) is 6.54 Å². The van der Waals surface area contributed by atoms with E-state index in [0.717, 1.165) is 4.88 Å². The standard InChI is InChI=1S/C16H15ClN2OS/c1-11-6-8-21-15(11)10-19-16(20)13-5-4-12(3-2-7-18)14(17)9-13/h4-6,8-9H,7,10,18H2,1H3,(H,19,20). The minimum atomic E-state index is -0.150. The molecule has 0 saturated heterocycles. The molecule has 2 aromatic rings. The molecule has 0 aliphatic carbocycles. The Morgan fingerprint density at radius 2 is 2.24 bits per heavy atom. The van der Waals surface area contributed by atoms with Gasteiger partial charge in [-0.1, -0.05) is 23.4 Å². The van der Waals surface area contributed by atoms with Crippen LogP contribution in [0.5, 0.6) is 0 Å². The van der Waals surface area contributed by atoms with Crippen LogP contribution in [0.3, 0.4) is 0 Å². The molecule has 0 fully saturated rings. The van der Waals surface area contributed by atoms with Crippen molar-refractivity contribution in [3.63, 3.8) is 0 Å². The number of amides is 1. The van der Waals surface area contributed by atoms with Gasteiger partial charge >= 0.3 is 0 Å². The molecule has 0 aliphatic rings. The molecule has 0 bridgehead atoms. The summed E-state index contributed by atoms with van der Waals surface area (Å²) in [7, 11) is 0. The number of rotatable bonds is 3. The molecule has 0 spiro atoms. The molecule has 0 saturated carbocycles. The minimum absolute atomic E-state index is 0.150. The number of aryl methyl sites for hydroxylation is 1. The number of benzene rings is 1. The van der Waals surface area contributed by atoms with E-state index >= 15 is 0 Å². The number of nitrogens with two attached hydrogens (primary N) is 1. The first-order valence-electron chi connectivity index (χ1n) is 6.41. The van der Waals surface area contributed by atoms with Crippen molar-refractivity contribution in [2.24, 2.45) is 5.73 Å². The summed E-state index contributed by atoms with van der Waals surface area (Å²) >= 11 is 7.74. The quantitative estimate of drug-likeness (QED) is 0.855. The molecule has 1 heterocycles. The second-order valence-electron chi connectivity index (χ2n) is 4.41. The van der Waals surface area contributed by atoms with Gasteiger partial charge in [-0.05, 0) is 42.1 Å². The van der Waals surface area contributed by atoms with Crippen molar-refractivity contribution in [2.75, 3.05) is 6.54 Å². The zero-order valence-electron chi connectivity index (χ0n) is 11.6. The molecular formula is C16H15ClN2OS. The predicted molar refractivity (Wildman–Crippen MR) is 87.6 cm³/mol. The van der Waals surface area contributed by atoms with Crippen LogP contribution < -0.4 is 11.1 Å². The topological polar surface area (TPSA) is 55.1 Å². The van der Waals surface area contributed by atoms with E-state index < -0.39 is 0 Å². The second kappa shape index (κ2) is 7.28. The van der Waals surface area contributed by atoms with Crippen LogP contribution in [0.25, 0.3) is 0 Å². The Labute approximate surface area is 133 Å². The van der Waals surface area contributed by atoms with E-state index in [4.69, 9.17) is 17.3 Å². The first-order valence-corrected chi connectivity index (χ1v) is 7.67. The fraction of sp³-hybridized carbons (Fsp3) is 0.188. The molecule has 0 atom stereocenters. The van der Waals surface area contributed by atoms with E-state index in [0.29, 0.717) is 22.7 Å². The molecule has 1 aromatic heterocycles. The van der Waals surface area contributed by atoms with E-state index in [9.17, 15) is 4.79 Å². The van der Waals surface area contributed by atoms with Crippen LogP contribution in [-0.4, -0.2) is 12.5 Å². The van der Waals surface area contributed by atoms with Gasteiger partial charge in [-0.25, -0.2) is 0 Å². The molecule has 5 heteroatoms. The average Bonchev–Trinajstić information content (AvgIpc) is 2.88. The van der Waals surface area contributed by atoms with E-state index in [2.05, 4.69) is 17.2 Å². The fourth-order valence-corrected chi connectivity index (χ4v) is 2.83. The Hall–Kier alpha value is -1.80. The van der Waals surface area contributed by atoms with Gasteiger partial charge in [-0.15, -0.1) is 11.3 Å². The Bertz CT molecular complexity index is 713. The van der Waals surface area contributed by atoms with Gasteiger partial charge in [0.05, 0.1) is 18.1 Å². The van der Waals surface area contributed by atoms with Crippen LogP contribution in [0.15, 0.2) is 29.6 Å². The zero-order valence-corrected chi connectivity index (χ0v) is 13.1. The number of hydrogen-bond acceptors (Lipinski definition) is 3. The predicted octanol–water partition coefficient (Wildman–Crippen LogP) is 2.95. The lowest BCUT2D eigenvalue weighted by atomic mass is 10.1. The van der Waals surface area contributed by atoms with Gasteiger partial charge in [0.25, 0.3) is 5.91 Å². The third-order valence-electron chi connectivity index (χ3n) is 2.93. The third-order valence-corrected chi connectivity index (χ3v) is 4.27. The maximum absolute atomic E-state index is 12.1. The first-order chi connectivity index (χ1) is 10.1. The summed E-state index contributed by atoms with van der Waals surface area (Å²) in [6.07, 6.45) is 0. The molecule has 1 aromatic carbocycles. The number of carbonyl (C=O) groups is 1. The summed E-state index contributed by atoms with van der Waals surface area (Å²) in [6, 6.07) is 7.10. The van der Waals surface area contributed by atoms with Gasteiger partial charge in [0, 0.05) is 16.0 Å².